The molecule has 0 aliphatic carbocycles. The summed E-state index contributed by atoms with van der Waals surface area (Å²) in [6.07, 6.45) is 0.657. The summed E-state index contributed by atoms with van der Waals surface area (Å²) in [5.41, 5.74) is 2.58. The number of fused-ring (bicyclic) bond motifs is 1. The Balaban J connectivity index is 1.74. The number of hydrogen-bond donors (Lipinski definition) is 3. The molecule has 3 rings (SSSR count). The van der Waals surface area contributed by atoms with E-state index < -0.39 is 6.04 Å². The van der Waals surface area contributed by atoms with E-state index in [2.05, 4.69) is 22.9 Å². The minimum absolute atomic E-state index is 0.122. The highest BCUT2D eigenvalue weighted by atomic mass is 16.2. The van der Waals surface area contributed by atoms with E-state index in [4.69, 9.17) is 0 Å². The number of hydrogen-bond acceptors (Lipinski definition) is 5. The van der Waals surface area contributed by atoms with Crippen LogP contribution in [0.25, 0.3) is 0 Å². The van der Waals surface area contributed by atoms with Gasteiger partial charge in [0.1, 0.15) is 6.04 Å². The highest BCUT2D eigenvalue weighted by Gasteiger charge is 2.39. The third kappa shape index (κ3) is 3.57. The standard InChI is InChI=1S/C18H24N4O3/c1-11(19-2)8-20-9-12-4-3-5-13-10-22(18(25)16(12)13)14-6-7-15(23)21-17(14)24/h3-5,11,14,19-20H,6-10H2,1-2H3,(H,21,23,24)/t11-,14?/m0/s1. The predicted octanol–water partition coefficient (Wildman–Crippen LogP) is 0.145. The Labute approximate surface area is 147 Å². The molecular weight excluding hydrogens is 320 g/mol. The van der Waals surface area contributed by atoms with Gasteiger partial charge in [-0.3, -0.25) is 19.7 Å². The molecule has 0 bridgehead atoms. The van der Waals surface area contributed by atoms with Crippen LogP contribution in [0, 0.1) is 0 Å². The number of imide groups is 1. The van der Waals surface area contributed by atoms with Crippen LogP contribution < -0.4 is 16.0 Å². The maximum Gasteiger partial charge on any atom is 0.255 e. The highest BCUT2D eigenvalue weighted by Crippen LogP contribution is 2.29. The van der Waals surface area contributed by atoms with Crippen molar-refractivity contribution in [3.8, 4) is 0 Å². The van der Waals surface area contributed by atoms with Gasteiger partial charge in [-0.25, -0.2) is 0 Å². The number of nitrogens with zero attached hydrogens (tertiary/aromatic N) is 1. The molecule has 1 saturated heterocycles. The number of carbonyl (C=O) groups excluding carboxylic acids is 3. The summed E-state index contributed by atoms with van der Waals surface area (Å²) in [6.45, 7) is 3.90. The van der Waals surface area contributed by atoms with Crippen LogP contribution in [0.1, 0.15) is 41.3 Å². The molecule has 0 radical (unpaired) electrons. The first-order valence-electron chi connectivity index (χ1n) is 8.64. The maximum atomic E-state index is 12.9. The summed E-state index contributed by atoms with van der Waals surface area (Å²) in [4.78, 5) is 38.0. The number of benzene rings is 1. The Morgan fingerprint density at radius 1 is 1.32 bits per heavy atom. The van der Waals surface area contributed by atoms with Gasteiger partial charge in [0.25, 0.3) is 5.91 Å². The average molecular weight is 344 g/mol. The third-order valence-electron chi connectivity index (χ3n) is 4.90. The van der Waals surface area contributed by atoms with Gasteiger partial charge in [0.2, 0.25) is 11.8 Å². The van der Waals surface area contributed by atoms with Crippen molar-refractivity contribution in [2.24, 2.45) is 0 Å². The Morgan fingerprint density at radius 2 is 2.12 bits per heavy atom. The van der Waals surface area contributed by atoms with E-state index in [0.29, 0.717) is 31.1 Å². The van der Waals surface area contributed by atoms with Crippen molar-refractivity contribution in [3.05, 3.63) is 34.9 Å². The van der Waals surface area contributed by atoms with Crippen molar-refractivity contribution in [1.29, 1.82) is 0 Å². The van der Waals surface area contributed by atoms with E-state index in [1.54, 1.807) is 4.90 Å². The van der Waals surface area contributed by atoms with Gasteiger partial charge >= 0.3 is 0 Å². The number of carbonyl (C=O) groups is 3. The van der Waals surface area contributed by atoms with E-state index in [-0.39, 0.29) is 24.1 Å². The lowest BCUT2D eigenvalue weighted by Gasteiger charge is -2.29. The van der Waals surface area contributed by atoms with Crippen LogP contribution in [0.5, 0.6) is 0 Å². The molecule has 0 aromatic heterocycles. The Bertz CT molecular complexity index is 704. The summed E-state index contributed by atoms with van der Waals surface area (Å²) >= 11 is 0. The highest BCUT2D eigenvalue weighted by molar-refractivity contribution is 6.05. The van der Waals surface area contributed by atoms with Crippen molar-refractivity contribution >= 4 is 17.7 Å². The zero-order chi connectivity index (χ0) is 18.0. The normalized spacial score (nSPS) is 21.3. The third-order valence-corrected chi connectivity index (χ3v) is 4.90. The van der Waals surface area contributed by atoms with Crippen molar-refractivity contribution in [2.45, 2.75) is 44.9 Å². The molecule has 134 valence electrons. The summed E-state index contributed by atoms with van der Waals surface area (Å²) in [7, 11) is 1.91. The molecule has 7 heteroatoms. The molecule has 3 amide bonds. The topological polar surface area (TPSA) is 90.5 Å². The fourth-order valence-electron chi connectivity index (χ4n) is 3.36. The fraction of sp³-hybridized carbons (Fsp3) is 0.500. The van der Waals surface area contributed by atoms with Gasteiger partial charge in [0.05, 0.1) is 0 Å². The Kier molecular flexibility index (Phi) is 5.15. The molecule has 25 heavy (non-hydrogen) atoms. The maximum absolute atomic E-state index is 12.9. The molecule has 3 N–H and O–H groups in total. The van der Waals surface area contributed by atoms with Gasteiger partial charge < -0.3 is 15.5 Å². The largest absolute Gasteiger partial charge is 0.322 e. The number of nitrogens with one attached hydrogen (secondary N) is 3. The average Bonchev–Trinajstić information content (AvgIpc) is 2.92. The molecule has 2 aliphatic rings. The molecule has 7 nitrogen and oxygen atoms in total. The lowest BCUT2D eigenvalue weighted by atomic mass is 10.0. The zero-order valence-corrected chi connectivity index (χ0v) is 14.6. The first kappa shape index (κ1) is 17.6. The van der Waals surface area contributed by atoms with E-state index in [0.717, 1.165) is 17.7 Å². The second-order valence-corrected chi connectivity index (χ2v) is 6.67. The van der Waals surface area contributed by atoms with Crippen molar-refractivity contribution in [2.75, 3.05) is 13.6 Å². The Morgan fingerprint density at radius 3 is 2.84 bits per heavy atom. The van der Waals surface area contributed by atoms with Crippen molar-refractivity contribution in [1.82, 2.24) is 20.9 Å². The van der Waals surface area contributed by atoms with E-state index in [1.165, 1.54) is 0 Å². The van der Waals surface area contributed by atoms with E-state index in [9.17, 15) is 14.4 Å². The van der Waals surface area contributed by atoms with Crippen LogP contribution in [-0.2, 0) is 22.7 Å². The van der Waals surface area contributed by atoms with Gasteiger partial charge in [0, 0.05) is 37.7 Å². The smallest absolute Gasteiger partial charge is 0.255 e. The lowest BCUT2D eigenvalue weighted by Crippen LogP contribution is -2.52. The minimum atomic E-state index is -0.567. The molecule has 0 spiro atoms. The van der Waals surface area contributed by atoms with Crippen molar-refractivity contribution in [3.63, 3.8) is 0 Å². The molecule has 2 atom stereocenters. The fourth-order valence-corrected chi connectivity index (χ4v) is 3.36. The summed E-state index contributed by atoms with van der Waals surface area (Å²) in [6, 6.07) is 5.59. The molecule has 2 heterocycles. The van der Waals surface area contributed by atoms with Gasteiger partial charge in [-0.2, -0.15) is 0 Å². The molecular formula is C18H24N4O3. The van der Waals surface area contributed by atoms with Gasteiger partial charge in [0.15, 0.2) is 0 Å². The van der Waals surface area contributed by atoms with Crippen LogP contribution in [0.3, 0.4) is 0 Å². The molecule has 1 unspecified atom stereocenters. The summed E-state index contributed by atoms with van der Waals surface area (Å²) in [5, 5.41) is 8.85. The first-order chi connectivity index (χ1) is 12.0. The van der Waals surface area contributed by atoms with Crippen LogP contribution in [0.15, 0.2) is 18.2 Å². The van der Waals surface area contributed by atoms with E-state index in [1.807, 2.05) is 25.2 Å². The zero-order valence-electron chi connectivity index (χ0n) is 14.6. The number of likely N-dealkylation sites (N-methyl/N-ethyl adjacent to an activating group) is 1. The summed E-state index contributed by atoms with van der Waals surface area (Å²) in [5.74, 6) is -0.766. The first-order valence-corrected chi connectivity index (χ1v) is 8.64. The van der Waals surface area contributed by atoms with Gasteiger partial charge in [-0.05, 0) is 31.5 Å². The number of amides is 3. The molecule has 1 aromatic rings. The Hall–Kier alpha value is -2.25. The summed E-state index contributed by atoms with van der Waals surface area (Å²) < 4.78 is 0. The second-order valence-electron chi connectivity index (χ2n) is 6.67. The SMILES string of the molecule is CN[C@@H](C)CNCc1cccc2c1C(=O)N(C1CCC(=O)NC1=O)C2. The van der Waals surface area contributed by atoms with Crippen LogP contribution in [0.2, 0.25) is 0 Å². The lowest BCUT2D eigenvalue weighted by molar-refractivity contribution is -0.136. The van der Waals surface area contributed by atoms with E-state index >= 15 is 0 Å². The molecule has 2 aliphatic heterocycles. The van der Waals surface area contributed by atoms with Crippen molar-refractivity contribution < 1.29 is 14.4 Å². The quantitative estimate of drug-likeness (QED) is 0.639. The van der Waals surface area contributed by atoms with Gasteiger partial charge in [-0.1, -0.05) is 18.2 Å². The van der Waals surface area contributed by atoms with Crippen LogP contribution >= 0.6 is 0 Å². The van der Waals surface area contributed by atoms with Crippen LogP contribution in [0.4, 0.5) is 0 Å². The number of rotatable bonds is 6. The molecule has 0 saturated carbocycles. The molecule has 1 aromatic carbocycles. The monoisotopic (exact) mass is 344 g/mol. The second kappa shape index (κ2) is 7.33. The van der Waals surface area contributed by atoms with Gasteiger partial charge in [-0.15, -0.1) is 0 Å². The number of piperidine rings is 1. The van der Waals surface area contributed by atoms with Crippen LogP contribution in [-0.4, -0.2) is 48.3 Å². The predicted molar refractivity (Wildman–Crippen MR) is 92.7 cm³/mol. The molecule has 1 fully saturated rings. The minimum Gasteiger partial charge on any atom is -0.322 e.